The molecule has 1 fully saturated rings. The van der Waals surface area contributed by atoms with Gasteiger partial charge < -0.3 is 10.4 Å². The summed E-state index contributed by atoms with van der Waals surface area (Å²) in [5, 5.41) is 12.8. The summed E-state index contributed by atoms with van der Waals surface area (Å²) in [7, 11) is 0. The van der Waals surface area contributed by atoms with Gasteiger partial charge in [-0.3, -0.25) is 0 Å². The number of nitrogens with one attached hydrogen (secondary N) is 1. The second-order valence-electron chi connectivity index (χ2n) is 5.83. The topological polar surface area (TPSA) is 49.3 Å². The highest BCUT2D eigenvalue weighted by molar-refractivity contribution is 9.10. The number of anilines is 1. The number of rotatable bonds is 3. The van der Waals surface area contributed by atoms with E-state index in [4.69, 9.17) is 0 Å². The summed E-state index contributed by atoms with van der Waals surface area (Å²) in [5.74, 6) is -0.760. The molecule has 1 saturated carbocycles. The first-order valence-electron chi connectivity index (χ1n) is 6.11. The SMILES string of the molecule is CC1(C)CCC(Nc2ccccc2Br)(C(=O)O)C1. The number of carboxylic acids is 1. The molecule has 4 heteroatoms. The van der Waals surface area contributed by atoms with Crippen molar-refractivity contribution in [3.05, 3.63) is 28.7 Å². The number of carboxylic acid groups (broad SMARTS) is 1. The van der Waals surface area contributed by atoms with E-state index in [0.717, 1.165) is 16.6 Å². The molecule has 2 rings (SSSR count). The number of carbonyl (C=O) groups is 1. The van der Waals surface area contributed by atoms with Crippen LogP contribution in [0.2, 0.25) is 0 Å². The Labute approximate surface area is 116 Å². The van der Waals surface area contributed by atoms with Gasteiger partial charge in [0.2, 0.25) is 0 Å². The van der Waals surface area contributed by atoms with Gasteiger partial charge in [-0.05, 0) is 52.7 Å². The Hall–Kier alpha value is -1.03. The fourth-order valence-corrected chi connectivity index (χ4v) is 3.09. The van der Waals surface area contributed by atoms with Crippen molar-refractivity contribution in [2.24, 2.45) is 5.41 Å². The predicted octanol–water partition coefficient (Wildman–Crippen LogP) is 3.89. The number of hydrogen-bond donors (Lipinski definition) is 2. The van der Waals surface area contributed by atoms with Crippen LogP contribution in [0.15, 0.2) is 28.7 Å². The van der Waals surface area contributed by atoms with E-state index in [1.54, 1.807) is 0 Å². The maximum Gasteiger partial charge on any atom is 0.329 e. The third-order valence-corrected chi connectivity index (χ3v) is 4.36. The smallest absolute Gasteiger partial charge is 0.329 e. The number of aliphatic carboxylic acids is 1. The van der Waals surface area contributed by atoms with Gasteiger partial charge in [0, 0.05) is 10.2 Å². The monoisotopic (exact) mass is 311 g/mol. The molecule has 0 radical (unpaired) electrons. The van der Waals surface area contributed by atoms with Crippen LogP contribution in [0.3, 0.4) is 0 Å². The van der Waals surface area contributed by atoms with Crippen LogP contribution in [-0.2, 0) is 4.79 Å². The zero-order valence-electron chi connectivity index (χ0n) is 10.7. The first-order valence-corrected chi connectivity index (χ1v) is 6.90. The lowest BCUT2D eigenvalue weighted by molar-refractivity contribution is -0.142. The molecule has 0 aromatic heterocycles. The predicted molar refractivity (Wildman–Crippen MR) is 75.8 cm³/mol. The van der Waals surface area contributed by atoms with E-state index in [-0.39, 0.29) is 5.41 Å². The number of halogens is 1. The first-order chi connectivity index (χ1) is 8.35. The minimum Gasteiger partial charge on any atom is -0.480 e. The molecule has 0 saturated heterocycles. The highest BCUT2D eigenvalue weighted by atomic mass is 79.9. The van der Waals surface area contributed by atoms with E-state index in [9.17, 15) is 9.90 Å². The van der Waals surface area contributed by atoms with Gasteiger partial charge in [-0.2, -0.15) is 0 Å². The molecule has 1 aromatic rings. The molecule has 98 valence electrons. The van der Waals surface area contributed by atoms with Crippen molar-refractivity contribution in [2.45, 2.75) is 38.6 Å². The third kappa shape index (κ3) is 2.53. The van der Waals surface area contributed by atoms with Gasteiger partial charge in [0.05, 0.1) is 0 Å². The standard InChI is InChI=1S/C14H18BrNO2/c1-13(2)7-8-14(9-13,12(17)18)16-11-6-4-3-5-10(11)15/h3-6,16H,7-9H2,1-2H3,(H,17,18). The van der Waals surface area contributed by atoms with Gasteiger partial charge in [0.25, 0.3) is 0 Å². The van der Waals surface area contributed by atoms with Crippen LogP contribution in [0.1, 0.15) is 33.1 Å². The van der Waals surface area contributed by atoms with E-state index >= 15 is 0 Å². The molecule has 2 N–H and O–H groups in total. The molecule has 1 aliphatic carbocycles. The van der Waals surface area contributed by atoms with Gasteiger partial charge in [0.1, 0.15) is 5.54 Å². The normalized spacial score (nSPS) is 25.9. The summed E-state index contributed by atoms with van der Waals surface area (Å²) in [6.45, 7) is 4.25. The Morgan fingerprint density at radius 1 is 1.33 bits per heavy atom. The minimum atomic E-state index is -0.840. The summed E-state index contributed by atoms with van der Waals surface area (Å²) in [6, 6.07) is 7.64. The van der Waals surface area contributed by atoms with Crippen LogP contribution in [0.5, 0.6) is 0 Å². The molecule has 0 spiro atoms. The van der Waals surface area contributed by atoms with E-state index < -0.39 is 11.5 Å². The van der Waals surface area contributed by atoms with Crippen molar-refractivity contribution in [2.75, 3.05) is 5.32 Å². The van der Waals surface area contributed by atoms with Gasteiger partial charge in [-0.1, -0.05) is 26.0 Å². The van der Waals surface area contributed by atoms with Crippen LogP contribution in [-0.4, -0.2) is 16.6 Å². The first kappa shape index (κ1) is 13.4. The molecule has 0 bridgehead atoms. The Bertz CT molecular complexity index is 473. The molecular weight excluding hydrogens is 294 g/mol. The van der Waals surface area contributed by atoms with Crippen molar-refractivity contribution in [1.82, 2.24) is 0 Å². The highest BCUT2D eigenvalue weighted by Gasteiger charge is 2.49. The van der Waals surface area contributed by atoms with Gasteiger partial charge in [-0.25, -0.2) is 4.79 Å². The third-order valence-electron chi connectivity index (χ3n) is 3.67. The highest BCUT2D eigenvalue weighted by Crippen LogP contribution is 2.45. The van der Waals surface area contributed by atoms with Crippen molar-refractivity contribution >= 4 is 27.6 Å². The molecule has 18 heavy (non-hydrogen) atoms. The lowest BCUT2D eigenvalue weighted by Crippen LogP contribution is -2.44. The number of benzene rings is 1. The molecule has 1 unspecified atom stereocenters. The molecule has 0 heterocycles. The van der Waals surface area contributed by atoms with Crippen molar-refractivity contribution in [3.63, 3.8) is 0 Å². The zero-order chi connectivity index (χ0) is 13.4. The Kier molecular flexibility index (Phi) is 3.41. The van der Waals surface area contributed by atoms with Crippen LogP contribution in [0.4, 0.5) is 5.69 Å². The molecule has 1 aliphatic rings. The molecule has 0 aliphatic heterocycles. The van der Waals surface area contributed by atoms with E-state index in [1.165, 1.54) is 0 Å². The van der Waals surface area contributed by atoms with Crippen LogP contribution >= 0.6 is 15.9 Å². The Morgan fingerprint density at radius 3 is 2.50 bits per heavy atom. The summed E-state index contributed by atoms with van der Waals surface area (Å²) in [6.07, 6.45) is 2.24. The molecule has 1 atom stereocenters. The zero-order valence-corrected chi connectivity index (χ0v) is 12.3. The summed E-state index contributed by atoms with van der Waals surface area (Å²) >= 11 is 3.45. The van der Waals surface area contributed by atoms with Crippen LogP contribution in [0, 0.1) is 5.41 Å². The summed E-state index contributed by atoms with van der Waals surface area (Å²) in [5.41, 5.74) is 0.0811. The van der Waals surface area contributed by atoms with Crippen molar-refractivity contribution in [1.29, 1.82) is 0 Å². The largest absolute Gasteiger partial charge is 0.480 e. The fourth-order valence-electron chi connectivity index (χ4n) is 2.71. The number of hydrogen-bond acceptors (Lipinski definition) is 2. The minimum absolute atomic E-state index is 0.0760. The summed E-state index contributed by atoms with van der Waals surface area (Å²) < 4.78 is 0.898. The Morgan fingerprint density at radius 2 is 2.00 bits per heavy atom. The van der Waals surface area contributed by atoms with E-state index in [1.807, 2.05) is 24.3 Å². The van der Waals surface area contributed by atoms with E-state index in [0.29, 0.717) is 12.8 Å². The van der Waals surface area contributed by atoms with Gasteiger partial charge in [-0.15, -0.1) is 0 Å². The molecule has 1 aromatic carbocycles. The maximum absolute atomic E-state index is 11.6. The molecular formula is C14H18BrNO2. The Balaban J connectivity index is 2.29. The average Bonchev–Trinajstić information content (AvgIpc) is 2.59. The van der Waals surface area contributed by atoms with Gasteiger partial charge in [0.15, 0.2) is 0 Å². The quantitative estimate of drug-likeness (QED) is 0.890. The maximum atomic E-state index is 11.6. The molecule has 0 amide bonds. The fraction of sp³-hybridized carbons (Fsp3) is 0.500. The lowest BCUT2D eigenvalue weighted by Gasteiger charge is -2.29. The average molecular weight is 312 g/mol. The number of para-hydroxylation sites is 1. The second kappa shape index (κ2) is 4.57. The van der Waals surface area contributed by atoms with Crippen LogP contribution in [0.25, 0.3) is 0 Å². The second-order valence-corrected chi connectivity index (χ2v) is 6.69. The van der Waals surface area contributed by atoms with Crippen LogP contribution < -0.4 is 5.32 Å². The van der Waals surface area contributed by atoms with Gasteiger partial charge >= 0.3 is 5.97 Å². The van der Waals surface area contributed by atoms with E-state index in [2.05, 4.69) is 35.1 Å². The summed E-state index contributed by atoms with van der Waals surface area (Å²) in [4.78, 5) is 11.6. The lowest BCUT2D eigenvalue weighted by atomic mass is 9.87. The van der Waals surface area contributed by atoms with Crippen molar-refractivity contribution in [3.8, 4) is 0 Å². The van der Waals surface area contributed by atoms with Crippen molar-refractivity contribution < 1.29 is 9.90 Å². The molecule has 3 nitrogen and oxygen atoms in total.